The minimum atomic E-state index is -4.47. The molecule has 1 aromatic carbocycles. The second-order valence-corrected chi connectivity index (χ2v) is 11.0. The van der Waals surface area contributed by atoms with Crippen LogP contribution in [0.5, 0.6) is 5.75 Å². The Balaban J connectivity index is 1.45. The van der Waals surface area contributed by atoms with Crippen molar-refractivity contribution in [1.82, 2.24) is 0 Å². The average molecular weight is 440 g/mol. The summed E-state index contributed by atoms with van der Waals surface area (Å²) in [5, 5.41) is 0. The molecule has 0 aromatic heterocycles. The van der Waals surface area contributed by atoms with Gasteiger partial charge in [0.05, 0.1) is 21.4 Å². The maximum absolute atomic E-state index is 14.5. The summed E-state index contributed by atoms with van der Waals surface area (Å²) in [5.74, 6) is 1.12. The SMILES string of the molecule is CC(C)(Oc1cc(C(=O)OCCS(=O)(=O)[O-])ccc1F)C1CC2CC1C1CCCC21. The predicted octanol–water partition coefficient (Wildman–Crippen LogP) is 3.76. The number of hydrogen-bond donors (Lipinski definition) is 0. The van der Waals surface area contributed by atoms with Gasteiger partial charge in [-0.15, -0.1) is 0 Å². The van der Waals surface area contributed by atoms with Crippen molar-refractivity contribution >= 4 is 16.1 Å². The highest BCUT2D eigenvalue weighted by Gasteiger charge is 2.57. The highest BCUT2D eigenvalue weighted by Crippen LogP contribution is 2.63. The number of hydrogen-bond acceptors (Lipinski definition) is 6. The van der Waals surface area contributed by atoms with E-state index in [0.29, 0.717) is 11.8 Å². The normalized spacial score (nSPS) is 30.3. The van der Waals surface area contributed by atoms with Crippen molar-refractivity contribution < 1.29 is 31.6 Å². The van der Waals surface area contributed by atoms with E-state index < -0.39 is 39.9 Å². The Morgan fingerprint density at radius 3 is 2.67 bits per heavy atom. The lowest BCUT2D eigenvalue weighted by atomic mass is 9.70. The third kappa shape index (κ3) is 4.21. The molecule has 0 aliphatic heterocycles. The first-order chi connectivity index (χ1) is 14.0. The molecule has 3 aliphatic carbocycles. The number of esters is 1. The summed E-state index contributed by atoms with van der Waals surface area (Å²) >= 11 is 0. The topological polar surface area (TPSA) is 92.7 Å². The zero-order valence-corrected chi connectivity index (χ0v) is 18.1. The number of benzene rings is 1. The lowest BCUT2D eigenvalue weighted by molar-refractivity contribution is -0.00815. The lowest BCUT2D eigenvalue weighted by Gasteiger charge is -2.41. The molecule has 3 fully saturated rings. The molecule has 3 aliphatic rings. The molecule has 2 bridgehead atoms. The summed E-state index contributed by atoms with van der Waals surface area (Å²) < 4.78 is 57.3. The molecule has 30 heavy (non-hydrogen) atoms. The molecule has 0 amide bonds. The van der Waals surface area contributed by atoms with Crippen LogP contribution < -0.4 is 4.74 Å². The van der Waals surface area contributed by atoms with Gasteiger partial charge in [0.15, 0.2) is 11.6 Å². The first kappa shape index (κ1) is 21.6. The largest absolute Gasteiger partial charge is 0.748 e. The smallest absolute Gasteiger partial charge is 0.338 e. The van der Waals surface area contributed by atoms with Crippen LogP contribution in [0.4, 0.5) is 4.39 Å². The Bertz CT molecular complexity index is 928. The number of carbonyl (C=O) groups excluding carboxylic acids is 1. The molecule has 166 valence electrons. The van der Waals surface area contributed by atoms with E-state index in [-0.39, 0.29) is 11.3 Å². The third-order valence-electron chi connectivity index (χ3n) is 7.43. The predicted molar refractivity (Wildman–Crippen MR) is 106 cm³/mol. The Morgan fingerprint density at radius 1 is 1.20 bits per heavy atom. The molecule has 0 radical (unpaired) electrons. The molecular formula is C22H28FO6S-. The highest BCUT2D eigenvalue weighted by molar-refractivity contribution is 7.85. The van der Waals surface area contributed by atoms with Crippen molar-refractivity contribution in [3.8, 4) is 5.75 Å². The molecule has 8 heteroatoms. The Hall–Kier alpha value is -1.67. The van der Waals surface area contributed by atoms with Crippen LogP contribution in [-0.2, 0) is 14.9 Å². The van der Waals surface area contributed by atoms with E-state index in [1.54, 1.807) is 0 Å². The molecule has 4 rings (SSSR count). The van der Waals surface area contributed by atoms with Crippen molar-refractivity contribution in [3.63, 3.8) is 0 Å². The van der Waals surface area contributed by atoms with Gasteiger partial charge < -0.3 is 14.0 Å². The van der Waals surface area contributed by atoms with Crippen molar-refractivity contribution in [2.24, 2.45) is 29.6 Å². The Labute approximate surface area is 176 Å². The molecule has 0 N–H and O–H groups in total. The van der Waals surface area contributed by atoms with Gasteiger partial charge in [-0.3, -0.25) is 0 Å². The Morgan fingerprint density at radius 2 is 1.93 bits per heavy atom. The fraction of sp³-hybridized carbons (Fsp3) is 0.682. The van der Waals surface area contributed by atoms with E-state index in [9.17, 15) is 22.2 Å². The van der Waals surface area contributed by atoms with E-state index in [1.165, 1.54) is 37.8 Å². The summed E-state index contributed by atoms with van der Waals surface area (Å²) in [6.07, 6.45) is 6.28. The van der Waals surface area contributed by atoms with Gasteiger partial charge in [0.1, 0.15) is 12.2 Å². The van der Waals surface area contributed by atoms with Crippen molar-refractivity contribution in [1.29, 1.82) is 0 Å². The molecule has 6 nitrogen and oxygen atoms in total. The van der Waals surface area contributed by atoms with E-state index in [1.807, 2.05) is 13.8 Å². The molecule has 5 unspecified atom stereocenters. The van der Waals surface area contributed by atoms with Gasteiger partial charge in [-0.2, -0.15) is 0 Å². The van der Waals surface area contributed by atoms with Gasteiger partial charge >= 0.3 is 5.97 Å². The number of rotatable bonds is 7. The molecule has 0 saturated heterocycles. The van der Waals surface area contributed by atoms with Crippen LogP contribution in [0.3, 0.4) is 0 Å². The summed E-state index contributed by atoms with van der Waals surface area (Å²) in [7, 11) is -4.47. The first-order valence-corrected chi connectivity index (χ1v) is 12.2. The fourth-order valence-corrected chi connectivity index (χ4v) is 6.54. The second-order valence-electron chi connectivity index (χ2n) is 9.51. The van der Waals surface area contributed by atoms with Crippen LogP contribution in [0, 0.1) is 35.4 Å². The Kier molecular flexibility index (Phi) is 5.60. The van der Waals surface area contributed by atoms with Gasteiger partial charge in [0.2, 0.25) is 0 Å². The van der Waals surface area contributed by atoms with Gasteiger partial charge in [0, 0.05) is 5.92 Å². The number of halogens is 1. The minimum Gasteiger partial charge on any atom is -0.748 e. The van der Waals surface area contributed by atoms with Crippen molar-refractivity contribution in [3.05, 3.63) is 29.6 Å². The molecule has 0 spiro atoms. The molecule has 0 heterocycles. The van der Waals surface area contributed by atoms with Gasteiger partial charge in [0.25, 0.3) is 0 Å². The molecule has 3 saturated carbocycles. The molecule has 1 aromatic rings. The molecule has 5 atom stereocenters. The second kappa shape index (κ2) is 7.79. The summed E-state index contributed by atoms with van der Waals surface area (Å²) in [5.41, 5.74) is -0.526. The maximum atomic E-state index is 14.5. The van der Waals surface area contributed by atoms with Crippen molar-refractivity contribution in [2.45, 2.75) is 51.6 Å². The zero-order chi connectivity index (χ0) is 21.7. The minimum absolute atomic E-state index is 0.0170. The number of carbonyl (C=O) groups is 1. The number of ether oxygens (including phenoxy) is 2. The van der Waals surface area contributed by atoms with E-state index in [4.69, 9.17) is 9.47 Å². The summed E-state index contributed by atoms with van der Waals surface area (Å²) in [6, 6.07) is 3.68. The quantitative estimate of drug-likeness (QED) is 0.474. The summed E-state index contributed by atoms with van der Waals surface area (Å²) in [4.78, 5) is 12.1. The van der Waals surface area contributed by atoms with Gasteiger partial charge in [-0.25, -0.2) is 17.6 Å². The van der Waals surface area contributed by atoms with Gasteiger partial charge in [-0.05, 0) is 81.4 Å². The van der Waals surface area contributed by atoms with E-state index >= 15 is 0 Å². The standard InChI is InChI=1S/C22H29FO6S/c1-22(2,18-11-14-10-17(18)16-5-3-4-15(14)16)29-20-12-13(6-7-19(20)23)21(24)28-8-9-30(25,26)27/h6-7,12,14-18H,3-5,8-11H2,1-2H3,(H,25,26,27)/p-1. The van der Waals surface area contributed by atoms with Crippen LogP contribution >= 0.6 is 0 Å². The average Bonchev–Trinajstić information content (AvgIpc) is 3.35. The van der Waals surface area contributed by atoms with Crippen LogP contribution in [0.2, 0.25) is 0 Å². The van der Waals surface area contributed by atoms with Crippen LogP contribution in [0.1, 0.15) is 56.3 Å². The third-order valence-corrected chi connectivity index (χ3v) is 8.09. The zero-order valence-electron chi connectivity index (χ0n) is 17.3. The lowest BCUT2D eigenvalue weighted by Crippen LogP contribution is -2.43. The fourth-order valence-electron chi connectivity index (χ4n) is 6.25. The first-order valence-electron chi connectivity index (χ1n) is 10.6. The highest BCUT2D eigenvalue weighted by atomic mass is 32.2. The van der Waals surface area contributed by atoms with Crippen molar-refractivity contribution in [2.75, 3.05) is 12.4 Å². The number of fused-ring (bicyclic) bond motifs is 5. The van der Waals surface area contributed by atoms with Gasteiger partial charge in [-0.1, -0.05) is 6.42 Å². The van der Waals surface area contributed by atoms with Crippen LogP contribution in [-0.4, -0.2) is 36.9 Å². The van der Waals surface area contributed by atoms with Crippen LogP contribution in [0.25, 0.3) is 0 Å². The molecular weight excluding hydrogens is 411 g/mol. The van der Waals surface area contributed by atoms with E-state index in [0.717, 1.165) is 30.2 Å². The maximum Gasteiger partial charge on any atom is 0.338 e. The monoisotopic (exact) mass is 439 g/mol. The van der Waals surface area contributed by atoms with E-state index in [2.05, 4.69) is 0 Å². The van der Waals surface area contributed by atoms with Crippen LogP contribution in [0.15, 0.2) is 18.2 Å². The summed E-state index contributed by atoms with van der Waals surface area (Å²) in [6.45, 7) is 3.44.